The average molecular weight is 257 g/mol. The molecule has 3 nitrogen and oxygen atoms in total. The Morgan fingerprint density at radius 2 is 2.06 bits per heavy atom. The fourth-order valence-electron chi connectivity index (χ4n) is 1.76. The largest absolute Gasteiger partial charge is 0.325 e. The maximum atomic E-state index is 13.7. The minimum Gasteiger partial charge on any atom is -0.325 e. The van der Waals surface area contributed by atoms with Crippen molar-refractivity contribution >= 4 is 9.84 Å². The highest BCUT2D eigenvalue weighted by Gasteiger charge is 2.37. The monoisotopic (exact) mass is 257 g/mol. The first-order chi connectivity index (χ1) is 7.80. The Hall–Kier alpha value is -0.940. The molecule has 2 rings (SSSR count). The smallest absolute Gasteiger partial charge is 0.175 e. The van der Waals surface area contributed by atoms with Gasteiger partial charge in [-0.05, 0) is 43.4 Å². The van der Waals surface area contributed by atoms with Gasteiger partial charge >= 0.3 is 0 Å². The van der Waals surface area contributed by atoms with Gasteiger partial charge in [0.05, 0.1) is 4.90 Å². The highest BCUT2D eigenvalue weighted by Crippen LogP contribution is 2.36. The number of aryl methyl sites for hydroxylation is 1. The van der Waals surface area contributed by atoms with E-state index in [-0.39, 0.29) is 10.4 Å². The summed E-state index contributed by atoms with van der Waals surface area (Å²) in [6.45, 7) is 0. The Balaban J connectivity index is 2.14. The lowest BCUT2D eigenvalue weighted by molar-refractivity contribution is 0.566. The molecular formula is C12H16FNO2S. The normalized spacial score (nSPS) is 18.1. The first-order valence-electron chi connectivity index (χ1n) is 5.58. The molecule has 1 fully saturated rings. The molecule has 94 valence electrons. The molecule has 1 aliphatic rings. The van der Waals surface area contributed by atoms with E-state index in [1.165, 1.54) is 12.1 Å². The van der Waals surface area contributed by atoms with Gasteiger partial charge in [0.2, 0.25) is 0 Å². The molecular weight excluding hydrogens is 241 g/mol. The van der Waals surface area contributed by atoms with Gasteiger partial charge in [0.1, 0.15) is 5.82 Å². The van der Waals surface area contributed by atoms with Gasteiger partial charge in [-0.3, -0.25) is 0 Å². The van der Waals surface area contributed by atoms with Gasteiger partial charge in [-0.1, -0.05) is 6.07 Å². The third-order valence-corrected chi connectivity index (χ3v) is 4.35. The minimum atomic E-state index is -3.34. The van der Waals surface area contributed by atoms with Gasteiger partial charge in [-0.2, -0.15) is 0 Å². The predicted molar refractivity (Wildman–Crippen MR) is 64.0 cm³/mol. The minimum absolute atomic E-state index is 0.0210. The quantitative estimate of drug-likeness (QED) is 0.892. The molecule has 0 aliphatic heterocycles. The number of sulfone groups is 1. The molecule has 1 aromatic carbocycles. The fraction of sp³-hybridized carbons (Fsp3) is 0.500. The number of hydrogen-bond donors (Lipinski definition) is 1. The molecule has 0 radical (unpaired) electrons. The zero-order chi connectivity index (χ0) is 12.7. The summed E-state index contributed by atoms with van der Waals surface area (Å²) in [7, 11) is -3.34. The van der Waals surface area contributed by atoms with Crippen molar-refractivity contribution in [3.63, 3.8) is 0 Å². The van der Waals surface area contributed by atoms with Crippen molar-refractivity contribution in [3.8, 4) is 0 Å². The fourth-order valence-corrected chi connectivity index (χ4v) is 2.39. The highest BCUT2D eigenvalue weighted by molar-refractivity contribution is 7.90. The van der Waals surface area contributed by atoms with E-state index >= 15 is 0 Å². The van der Waals surface area contributed by atoms with E-state index in [2.05, 4.69) is 0 Å². The standard InChI is InChI=1S/C12H16FNO2S/c1-17(15,16)10-3-2-9(11(13)8-10)4-5-12(14)6-7-12/h2-3,8H,4-7,14H2,1H3. The molecule has 1 saturated carbocycles. The highest BCUT2D eigenvalue weighted by atomic mass is 32.2. The first-order valence-corrected chi connectivity index (χ1v) is 7.47. The van der Waals surface area contributed by atoms with Crippen molar-refractivity contribution in [2.24, 2.45) is 5.73 Å². The van der Waals surface area contributed by atoms with Crippen molar-refractivity contribution in [2.75, 3.05) is 6.26 Å². The third kappa shape index (κ3) is 3.04. The summed E-state index contributed by atoms with van der Waals surface area (Å²) in [5, 5.41) is 0. The number of hydrogen-bond acceptors (Lipinski definition) is 3. The topological polar surface area (TPSA) is 60.2 Å². The van der Waals surface area contributed by atoms with Crippen LogP contribution in [-0.2, 0) is 16.3 Å². The van der Waals surface area contributed by atoms with Gasteiger partial charge in [0, 0.05) is 11.8 Å². The van der Waals surface area contributed by atoms with Crippen molar-refractivity contribution in [2.45, 2.75) is 36.1 Å². The van der Waals surface area contributed by atoms with Crippen LogP contribution in [0.4, 0.5) is 4.39 Å². The van der Waals surface area contributed by atoms with Crippen LogP contribution < -0.4 is 5.73 Å². The van der Waals surface area contributed by atoms with Crippen LogP contribution in [0, 0.1) is 5.82 Å². The zero-order valence-electron chi connectivity index (χ0n) is 9.74. The van der Waals surface area contributed by atoms with Crippen LogP contribution in [0.15, 0.2) is 23.1 Å². The Kier molecular flexibility index (Phi) is 2.99. The van der Waals surface area contributed by atoms with Gasteiger partial charge in [-0.25, -0.2) is 12.8 Å². The van der Waals surface area contributed by atoms with Crippen LogP contribution in [0.2, 0.25) is 0 Å². The second kappa shape index (κ2) is 4.07. The molecule has 0 aromatic heterocycles. The van der Waals surface area contributed by atoms with E-state index in [1.807, 2.05) is 0 Å². The van der Waals surface area contributed by atoms with Crippen LogP contribution in [0.25, 0.3) is 0 Å². The predicted octanol–water partition coefficient (Wildman–Crippen LogP) is 1.65. The molecule has 0 unspecified atom stereocenters. The van der Waals surface area contributed by atoms with Crippen LogP contribution in [0.1, 0.15) is 24.8 Å². The maximum Gasteiger partial charge on any atom is 0.175 e. The summed E-state index contributed by atoms with van der Waals surface area (Å²) in [6, 6.07) is 4.07. The lowest BCUT2D eigenvalue weighted by Crippen LogP contribution is -2.22. The molecule has 0 atom stereocenters. The lowest BCUT2D eigenvalue weighted by Gasteiger charge is -2.09. The molecule has 17 heavy (non-hydrogen) atoms. The molecule has 0 spiro atoms. The molecule has 0 heterocycles. The van der Waals surface area contributed by atoms with Crippen molar-refractivity contribution in [3.05, 3.63) is 29.6 Å². The van der Waals surface area contributed by atoms with E-state index in [0.717, 1.165) is 31.6 Å². The molecule has 0 amide bonds. The van der Waals surface area contributed by atoms with Crippen molar-refractivity contribution in [1.29, 1.82) is 0 Å². The van der Waals surface area contributed by atoms with Gasteiger partial charge in [0.25, 0.3) is 0 Å². The van der Waals surface area contributed by atoms with Crippen LogP contribution in [0.3, 0.4) is 0 Å². The summed E-state index contributed by atoms with van der Waals surface area (Å²) in [6.07, 6.45) is 4.38. The van der Waals surface area contributed by atoms with E-state index < -0.39 is 15.7 Å². The summed E-state index contributed by atoms with van der Waals surface area (Å²) >= 11 is 0. The van der Waals surface area contributed by atoms with Gasteiger partial charge in [0.15, 0.2) is 9.84 Å². The second-order valence-corrected chi connectivity index (χ2v) is 6.90. The summed E-state index contributed by atoms with van der Waals surface area (Å²) in [5.74, 6) is -0.461. The Morgan fingerprint density at radius 1 is 1.41 bits per heavy atom. The van der Waals surface area contributed by atoms with E-state index in [0.29, 0.717) is 12.0 Å². The second-order valence-electron chi connectivity index (χ2n) is 4.89. The van der Waals surface area contributed by atoms with Crippen LogP contribution >= 0.6 is 0 Å². The average Bonchev–Trinajstić information content (AvgIpc) is 2.94. The van der Waals surface area contributed by atoms with E-state index in [9.17, 15) is 12.8 Å². The number of benzene rings is 1. The van der Waals surface area contributed by atoms with Crippen molar-refractivity contribution < 1.29 is 12.8 Å². The Morgan fingerprint density at radius 3 is 2.53 bits per heavy atom. The Bertz CT molecular complexity index is 535. The van der Waals surface area contributed by atoms with Gasteiger partial charge < -0.3 is 5.73 Å². The number of halogens is 1. The summed E-state index contributed by atoms with van der Waals surface area (Å²) < 4.78 is 36.1. The summed E-state index contributed by atoms with van der Waals surface area (Å²) in [4.78, 5) is 0.0210. The van der Waals surface area contributed by atoms with E-state index in [4.69, 9.17) is 5.73 Å². The first kappa shape index (κ1) is 12.5. The third-order valence-electron chi connectivity index (χ3n) is 3.24. The SMILES string of the molecule is CS(=O)(=O)c1ccc(CCC2(N)CC2)c(F)c1. The number of nitrogens with two attached hydrogens (primary N) is 1. The van der Waals surface area contributed by atoms with Gasteiger partial charge in [-0.15, -0.1) is 0 Å². The lowest BCUT2D eigenvalue weighted by atomic mass is 10.0. The number of rotatable bonds is 4. The Labute approximate surface area is 101 Å². The van der Waals surface area contributed by atoms with Crippen LogP contribution in [0.5, 0.6) is 0 Å². The molecule has 5 heteroatoms. The molecule has 1 aromatic rings. The molecule has 0 saturated heterocycles. The zero-order valence-corrected chi connectivity index (χ0v) is 10.6. The molecule has 2 N–H and O–H groups in total. The van der Waals surface area contributed by atoms with Crippen molar-refractivity contribution in [1.82, 2.24) is 0 Å². The van der Waals surface area contributed by atoms with Crippen LogP contribution in [-0.4, -0.2) is 20.2 Å². The maximum absolute atomic E-state index is 13.7. The molecule has 1 aliphatic carbocycles. The van der Waals surface area contributed by atoms with E-state index in [1.54, 1.807) is 0 Å². The summed E-state index contributed by atoms with van der Waals surface area (Å²) in [5.41, 5.74) is 6.35. The molecule has 0 bridgehead atoms.